The smallest absolute Gasteiger partial charge is 0.251 e. The standard InChI is InChI=1S/C15H18N2O2S/c20-14(16-10-3-4-10)17-11-5-6-12-13(9-11)19-15(18-12)7-1-2-8-15/h5-6,9-10H,1-4,7-8H2,(H2,16,17,20). The second-order valence-corrected chi connectivity index (χ2v) is 6.26. The van der Waals surface area contributed by atoms with Gasteiger partial charge < -0.3 is 20.1 Å². The van der Waals surface area contributed by atoms with Crippen LogP contribution in [-0.2, 0) is 0 Å². The van der Waals surface area contributed by atoms with E-state index in [1.807, 2.05) is 18.2 Å². The van der Waals surface area contributed by atoms with Gasteiger partial charge in [0.1, 0.15) is 0 Å². The first-order chi connectivity index (χ1) is 9.72. The minimum atomic E-state index is -0.395. The molecule has 0 radical (unpaired) electrons. The predicted octanol–water partition coefficient (Wildman–Crippen LogP) is 3.18. The number of hydrogen-bond acceptors (Lipinski definition) is 3. The molecule has 4 nitrogen and oxygen atoms in total. The molecular weight excluding hydrogens is 272 g/mol. The van der Waals surface area contributed by atoms with E-state index in [1.54, 1.807) is 0 Å². The van der Waals surface area contributed by atoms with Gasteiger partial charge in [0.15, 0.2) is 16.6 Å². The Balaban J connectivity index is 1.47. The molecule has 106 valence electrons. The minimum Gasteiger partial charge on any atom is -0.448 e. The van der Waals surface area contributed by atoms with Crippen molar-refractivity contribution in [2.24, 2.45) is 0 Å². The molecule has 0 unspecified atom stereocenters. The van der Waals surface area contributed by atoms with E-state index in [9.17, 15) is 0 Å². The maximum absolute atomic E-state index is 6.05. The van der Waals surface area contributed by atoms with Gasteiger partial charge in [-0.15, -0.1) is 0 Å². The molecule has 1 aromatic carbocycles. The van der Waals surface area contributed by atoms with Crippen molar-refractivity contribution < 1.29 is 9.47 Å². The zero-order valence-corrected chi connectivity index (χ0v) is 12.1. The SMILES string of the molecule is S=C(Nc1ccc2c(c1)OC1(CCCC1)O2)NC1CC1. The summed E-state index contributed by atoms with van der Waals surface area (Å²) in [4.78, 5) is 0. The Hall–Kier alpha value is -1.49. The predicted molar refractivity (Wildman–Crippen MR) is 81.3 cm³/mol. The number of benzene rings is 1. The minimum absolute atomic E-state index is 0.395. The highest BCUT2D eigenvalue weighted by molar-refractivity contribution is 7.80. The van der Waals surface area contributed by atoms with Crippen molar-refractivity contribution >= 4 is 23.0 Å². The normalized spacial score (nSPS) is 22.0. The average molecular weight is 290 g/mol. The number of ether oxygens (including phenoxy) is 2. The Kier molecular flexibility index (Phi) is 2.77. The first-order valence-electron chi connectivity index (χ1n) is 7.32. The van der Waals surface area contributed by atoms with Crippen molar-refractivity contribution in [1.82, 2.24) is 5.32 Å². The van der Waals surface area contributed by atoms with Gasteiger partial charge in [0.2, 0.25) is 0 Å². The molecule has 4 rings (SSSR count). The van der Waals surface area contributed by atoms with E-state index in [0.29, 0.717) is 11.2 Å². The molecule has 0 amide bonds. The Bertz CT molecular complexity index is 551. The molecule has 20 heavy (non-hydrogen) atoms. The molecular formula is C15H18N2O2S. The van der Waals surface area contributed by atoms with Gasteiger partial charge in [0, 0.05) is 30.6 Å². The molecule has 0 atom stereocenters. The fourth-order valence-electron chi connectivity index (χ4n) is 2.87. The van der Waals surface area contributed by atoms with E-state index in [4.69, 9.17) is 21.7 Å². The van der Waals surface area contributed by atoms with Crippen LogP contribution < -0.4 is 20.1 Å². The summed E-state index contributed by atoms with van der Waals surface area (Å²) in [7, 11) is 0. The van der Waals surface area contributed by atoms with Crippen LogP contribution in [0.1, 0.15) is 38.5 Å². The van der Waals surface area contributed by atoms with Gasteiger partial charge in [0.25, 0.3) is 5.79 Å². The number of hydrogen-bond donors (Lipinski definition) is 2. The van der Waals surface area contributed by atoms with Crippen LogP contribution in [0, 0.1) is 0 Å². The van der Waals surface area contributed by atoms with E-state index in [2.05, 4.69) is 10.6 Å². The van der Waals surface area contributed by atoms with Gasteiger partial charge in [-0.2, -0.15) is 0 Å². The molecule has 1 spiro atoms. The third-order valence-electron chi connectivity index (χ3n) is 4.07. The van der Waals surface area contributed by atoms with E-state index in [0.717, 1.165) is 30.0 Å². The van der Waals surface area contributed by atoms with Crippen LogP contribution in [0.5, 0.6) is 11.5 Å². The van der Waals surface area contributed by atoms with Crippen LogP contribution in [0.25, 0.3) is 0 Å². The molecule has 5 heteroatoms. The maximum atomic E-state index is 6.05. The van der Waals surface area contributed by atoms with Crippen molar-refractivity contribution in [2.45, 2.75) is 50.4 Å². The number of rotatable bonds is 2. The van der Waals surface area contributed by atoms with Gasteiger partial charge in [-0.05, 0) is 50.0 Å². The lowest BCUT2D eigenvalue weighted by molar-refractivity contribution is -0.0716. The summed E-state index contributed by atoms with van der Waals surface area (Å²) < 4.78 is 12.0. The molecule has 1 aromatic rings. The summed E-state index contributed by atoms with van der Waals surface area (Å²) in [5.41, 5.74) is 0.945. The van der Waals surface area contributed by atoms with Gasteiger partial charge in [0.05, 0.1) is 0 Å². The lowest BCUT2D eigenvalue weighted by Gasteiger charge is -2.21. The first-order valence-corrected chi connectivity index (χ1v) is 7.73. The summed E-state index contributed by atoms with van der Waals surface area (Å²) in [6.45, 7) is 0. The molecule has 2 fully saturated rings. The molecule has 0 aromatic heterocycles. The monoisotopic (exact) mass is 290 g/mol. The highest BCUT2D eigenvalue weighted by Gasteiger charge is 2.44. The summed E-state index contributed by atoms with van der Waals surface area (Å²) in [5.74, 6) is 1.28. The van der Waals surface area contributed by atoms with Crippen molar-refractivity contribution in [3.63, 3.8) is 0 Å². The van der Waals surface area contributed by atoms with E-state index >= 15 is 0 Å². The molecule has 2 N–H and O–H groups in total. The van der Waals surface area contributed by atoms with Crippen molar-refractivity contribution in [2.75, 3.05) is 5.32 Å². The number of fused-ring (bicyclic) bond motifs is 1. The Labute approximate surface area is 123 Å². The summed E-state index contributed by atoms with van der Waals surface area (Å²) in [5, 5.41) is 7.16. The topological polar surface area (TPSA) is 42.5 Å². The van der Waals surface area contributed by atoms with E-state index in [1.165, 1.54) is 25.7 Å². The highest BCUT2D eigenvalue weighted by Crippen LogP contribution is 2.47. The third-order valence-corrected chi connectivity index (χ3v) is 4.29. The Morgan fingerprint density at radius 1 is 1.15 bits per heavy atom. The molecule has 2 saturated carbocycles. The molecule has 0 bridgehead atoms. The summed E-state index contributed by atoms with van der Waals surface area (Å²) in [6.07, 6.45) is 6.73. The third kappa shape index (κ3) is 2.30. The lowest BCUT2D eigenvalue weighted by Crippen LogP contribution is -2.34. The second kappa shape index (κ2) is 4.52. The summed E-state index contributed by atoms with van der Waals surface area (Å²) >= 11 is 5.29. The molecule has 1 heterocycles. The largest absolute Gasteiger partial charge is 0.448 e. The van der Waals surface area contributed by atoms with Gasteiger partial charge in [-0.25, -0.2) is 0 Å². The average Bonchev–Trinajstić information content (AvgIpc) is 3.00. The first kappa shape index (κ1) is 12.3. The van der Waals surface area contributed by atoms with Crippen LogP contribution in [-0.4, -0.2) is 16.9 Å². The zero-order chi connectivity index (χ0) is 13.6. The molecule has 3 aliphatic rings. The maximum Gasteiger partial charge on any atom is 0.251 e. The van der Waals surface area contributed by atoms with Gasteiger partial charge in [-0.1, -0.05) is 0 Å². The van der Waals surface area contributed by atoms with Gasteiger partial charge >= 0.3 is 0 Å². The van der Waals surface area contributed by atoms with Crippen LogP contribution in [0.15, 0.2) is 18.2 Å². The fraction of sp³-hybridized carbons (Fsp3) is 0.533. The highest BCUT2D eigenvalue weighted by atomic mass is 32.1. The van der Waals surface area contributed by atoms with Crippen molar-refractivity contribution in [3.05, 3.63) is 18.2 Å². The van der Waals surface area contributed by atoms with E-state index < -0.39 is 5.79 Å². The van der Waals surface area contributed by atoms with Crippen molar-refractivity contribution in [3.8, 4) is 11.5 Å². The zero-order valence-electron chi connectivity index (χ0n) is 11.3. The second-order valence-electron chi connectivity index (χ2n) is 5.86. The fourth-order valence-corrected chi connectivity index (χ4v) is 3.15. The van der Waals surface area contributed by atoms with Gasteiger partial charge in [-0.3, -0.25) is 0 Å². The molecule has 1 aliphatic heterocycles. The van der Waals surface area contributed by atoms with Crippen LogP contribution in [0.4, 0.5) is 5.69 Å². The van der Waals surface area contributed by atoms with Crippen molar-refractivity contribution in [1.29, 1.82) is 0 Å². The number of anilines is 1. The van der Waals surface area contributed by atoms with E-state index in [-0.39, 0.29) is 0 Å². The van der Waals surface area contributed by atoms with Crippen LogP contribution >= 0.6 is 12.2 Å². The lowest BCUT2D eigenvalue weighted by atomic mass is 10.2. The molecule has 0 saturated heterocycles. The summed E-state index contributed by atoms with van der Waals surface area (Å²) in [6, 6.07) is 6.48. The quantitative estimate of drug-likeness (QED) is 0.819. The van der Waals surface area contributed by atoms with Crippen LogP contribution in [0.2, 0.25) is 0 Å². The van der Waals surface area contributed by atoms with Crippen LogP contribution in [0.3, 0.4) is 0 Å². The number of thiocarbonyl (C=S) groups is 1. The Morgan fingerprint density at radius 3 is 2.65 bits per heavy atom. The Morgan fingerprint density at radius 2 is 1.90 bits per heavy atom. The molecule has 2 aliphatic carbocycles. The number of nitrogens with one attached hydrogen (secondary N) is 2.